The highest BCUT2D eigenvalue weighted by Crippen LogP contribution is 2.24. The molecule has 3 N–H and O–H groups in total. The van der Waals surface area contributed by atoms with Crippen LogP contribution in [0.1, 0.15) is 45.5 Å². The third kappa shape index (κ3) is 5.31. The minimum absolute atomic E-state index is 0.201. The van der Waals surface area contributed by atoms with Crippen LogP contribution in [-0.4, -0.2) is 28.9 Å². The lowest BCUT2D eigenvalue weighted by atomic mass is 10.1. The summed E-state index contributed by atoms with van der Waals surface area (Å²) in [5, 5.41) is 14.9. The van der Waals surface area contributed by atoms with Gasteiger partial charge in [-0.1, -0.05) is 23.7 Å². The van der Waals surface area contributed by atoms with Crippen LogP contribution in [0.15, 0.2) is 42.5 Å². The van der Waals surface area contributed by atoms with Crippen molar-refractivity contribution in [3.8, 4) is 0 Å². The number of hydrogen-bond donors (Lipinski definition) is 3. The second-order valence-electron chi connectivity index (χ2n) is 6.49. The van der Waals surface area contributed by atoms with Gasteiger partial charge in [-0.2, -0.15) is 0 Å². The van der Waals surface area contributed by atoms with Crippen LogP contribution in [0.5, 0.6) is 0 Å². The van der Waals surface area contributed by atoms with Crippen LogP contribution < -0.4 is 10.6 Å². The summed E-state index contributed by atoms with van der Waals surface area (Å²) < 4.78 is 0. The second-order valence-corrected chi connectivity index (χ2v) is 6.90. The molecule has 0 atom stereocenters. The summed E-state index contributed by atoms with van der Waals surface area (Å²) in [4.78, 5) is 35.2. The summed E-state index contributed by atoms with van der Waals surface area (Å²) >= 11 is 6.09. The lowest BCUT2D eigenvalue weighted by molar-refractivity contribution is -0.116. The number of nitrogens with one attached hydrogen (secondary N) is 2. The molecule has 27 heavy (non-hydrogen) atoms. The van der Waals surface area contributed by atoms with Gasteiger partial charge >= 0.3 is 5.97 Å². The highest BCUT2D eigenvalue weighted by Gasteiger charge is 2.24. The fourth-order valence-electron chi connectivity index (χ4n) is 2.56. The van der Waals surface area contributed by atoms with Crippen molar-refractivity contribution < 1.29 is 19.5 Å². The van der Waals surface area contributed by atoms with E-state index in [0.29, 0.717) is 22.7 Å². The van der Waals surface area contributed by atoms with Crippen LogP contribution in [0.3, 0.4) is 0 Å². The molecule has 0 saturated heterocycles. The van der Waals surface area contributed by atoms with E-state index in [4.69, 9.17) is 16.7 Å². The molecule has 2 aromatic rings. The molecule has 0 radical (unpaired) electrons. The lowest BCUT2D eigenvalue weighted by Gasteiger charge is -2.10. The van der Waals surface area contributed by atoms with Gasteiger partial charge in [0, 0.05) is 18.2 Å². The van der Waals surface area contributed by atoms with Gasteiger partial charge in [-0.3, -0.25) is 9.59 Å². The number of aryl methyl sites for hydroxylation is 1. The topological polar surface area (TPSA) is 95.5 Å². The SMILES string of the molecule is O=C(CCc1ccc(C(=O)O)cc1)Nc1ccc(Cl)c(C(=O)NC2CC2)c1. The zero-order valence-electron chi connectivity index (χ0n) is 14.5. The average molecular weight is 387 g/mol. The van der Waals surface area contributed by atoms with Crippen molar-refractivity contribution in [3.63, 3.8) is 0 Å². The molecule has 1 saturated carbocycles. The highest BCUT2D eigenvalue weighted by atomic mass is 35.5. The number of carbonyl (C=O) groups is 3. The number of benzene rings is 2. The molecule has 0 spiro atoms. The van der Waals surface area contributed by atoms with E-state index < -0.39 is 5.97 Å². The van der Waals surface area contributed by atoms with Crippen LogP contribution in [0, 0.1) is 0 Å². The number of amides is 2. The number of carboxylic acids is 1. The van der Waals surface area contributed by atoms with E-state index >= 15 is 0 Å². The summed E-state index contributed by atoms with van der Waals surface area (Å²) in [6.07, 6.45) is 2.67. The molecule has 0 aliphatic heterocycles. The standard InChI is InChI=1S/C20H19ClN2O4/c21-17-9-8-15(11-16(17)19(25)23-14-6-7-14)22-18(24)10-3-12-1-4-13(5-2-12)20(26)27/h1-2,4-5,8-9,11,14H,3,6-7,10H2,(H,22,24)(H,23,25)(H,26,27). The maximum absolute atomic E-state index is 12.2. The van der Waals surface area contributed by atoms with Crippen LogP contribution >= 0.6 is 11.6 Å². The number of anilines is 1. The fourth-order valence-corrected chi connectivity index (χ4v) is 2.77. The maximum Gasteiger partial charge on any atom is 0.335 e. The Bertz CT molecular complexity index is 876. The van der Waals surface area contributed by atoms with Gasteiger partial charge in [0.25, 0.3) is 5.91 Å². The van der Waals surface area contributed by atoms with Gasteiger partial charge in [0.1, 0.15) is 0 Å². The van der Waals surface area contributed by atoms with Crippen molar-refractivity contribution in [2.75, 3.05) is 5.32 Å². The third-order valence-corrected chi connectivity index (χ3v) is 4.58. The van der Waals surface area contributed by atoms with Gasteiger partial charge in [-0.05, 0) is 55.2 Å². The fraction of sp³-hybridized carbons (Fsp3) is 0.250. The number of carbonyl (C=O) groups excluding carboxylic acids is 2. The minimum atomic E-state index is -0.983. The van der Waals surface area contributed by atoms with E-state index in [1.165, 1.54) is 12.1 Å². The molecule has 6 nitrogen and oxygen atoms in total. The first kappa shape index (κ1) is 18.9. The van der Waals surface area contributed by atoms with Gasteiger partial charge in [0.15, 0.2) is 0 Å². The van der Waals surface area contributed by atoms with Gasteiger partial charge in [-0.25, -0.2) is 4.79 Å². The first-order valence-corrected chi connectivity index (χ1v) is 9.02. The zero-order chi connectivity index (χ0) is 19.4. The lowest BCUT2D eigenvalue weighted by Crippen LogP contribution is -2.25. The molecular weight excluding hydrogens is 368 g/mol. The highest BCUT2D eigenvalue weighted by molar-refractivity contribution is 6.34. The number of rotatable bonds is 7. The first-order chi connectivity index (χ1) is 12.9. The van der Waals surface area contributed by atoms with Crippen LogP contribution in [0.4, 0.5) is 5.69 Å². The molecule has 0 unspecified atom stereocenters. The average Bonchev–Trinajstić information content (AvgIpc) is 3.46. The molecule has 2 aromatic carbocycles. The first-order valence-electron chi connectivity index (χ1n) is 8.65. The molecule has 3 rings (SSSR count). The molecular formula is C20H19ClN2O4. The Morgan fingerprint density at radius 1 is 1.07 bits per heavy atom. The molecule has 0 heterocycles. The van der Waals surface area contributed by atoms with Crippen LogP contribution in [-0.2, 0) is 11.2 Å². The maximum atomic E-state index is 12.2. The van der Waals surface area contributed by atoms with Gasteiger partial charge in [-0.15, -0.1) is 0 Å². The third-order valence-electron chi connectivity index (χ3n) is 4.25. The Hall–Kier alpha value is -2.86. The summed E-state index contributed by atoms with van der Waals surface area (Å²) in [6.45, 7) is 0. The summed E-state index contributed by atoms with van der Waals surface area (Å²) in [5.41, 5.74) is 1.93. The Morgan fingerprint density at radius 2 is 1.78 bits per heavy atom. The van der Waals surface area contributed by atoms with Crippen molar-refractivity contribution in [2.45, 2.75) is 31.7 Å². The van der Waals surface area contributed by atoms with E-state index in [2.05, 4.69) is 10.6 Å². The quantitative estimate of drug-likeness (QED) is 0.678. The Morgan fingerprint density at radius 3 is 2.41 bits per heavy atom. The Balaban J connectivity index is 1.57. The van der Waals surface area contributed by atoms with Gasteiger partial charge < -0.3 is 15.7 Å². The molecule has 2 amide bonds. The van der Waals surface area contributed by atoms with Crippen molar-refractivity contribution in [3.05, 3.63) is 64.2 Å². The Kier molecular flexibility index (Phi) is 5.76. The number of aromatic carboxylic acids is 1. The van der Waals surface area contributed by atoms with Crippen molar-refractivity contribution >= 4 is 35.1 Å². The van der Waals surface area contributed by atoms with Crippen molar-refractivity contribution in [1.29, 1.82) is 0 Å². The summed E-state index contributed by atoms with van der Waals surface area (Å²) in [5.74, 6) is -1.42. The summed E-state index contributed by atoms with van der Waals surface area (Å²) in [6, 6.07) is 11.4. The number of halogens is 1. The van der Waals surface area contributed by atoms with Crippen LogP contribution in [0.2, 0.25) is 5.02 Å². The molecule has 7 heteroatoms. The smallest absolute Gasteiger partial charge is 0.335 e. The molecule has 0 bridgehead atoms. The van der Waals surface area contributed by atoms with Crippen molar-refractivity contribution in [2.24, 2.45) is 0 Å². The van der Waals surface area contributed by atoms with E-state index in [1.54, 1.807) is 30.3 Å². The van der Waals surface area contributed by atoms with E-state index in [1.807, 2.05) is 0 Å². The van der Waals surface area contributed by atoms with Gasteiger partial charge in [0.2, 0.25) is 5.91 Å². The molecule has 140 valence electrons. The predicted octanol–water partition coefficient (Wildman–Crippen LogP) is 3.50. The van der Waals surface area contributed by atoms with E-state index in [-0.39, 0.29) is 29.8 Å². The molecule has 1 fully saturated rings. The van der Waals surface area contributed by atoms with Gasteiger partial charge in [0.05, 0.1) is 16.1 Å². The van der Waals surface area contributed by atoms with Crippen LogP contribution in [0.25, 0.3) is 0 Å². The minimum Gasteiger partial charge on any atom is -0.478 e. The monoisotopic (exact) mass is 386 g/mol. The van der Waals surface area contributed by atoms with E-state index in [0.717, 1.165) is 18.4 Å². The largest absolute Gasteiger partial charge is 0.478 e. The predicted molar refractivity (Wildman–Crippen MR) is 102 cm³/mol. The zero-order valence-corrected chi connectivity index (χ0v) is 15.3. The van der Waals surface area contributed by atoms with Crippen molar-refractivity contribution in [1.82, 2.24) is 5.32 Å². The Labute approximate surface area is 161 Å². The number of hydrogen-bond acceptors (Lipinski definition) is 3. The second kappa shape index (κ2) is 8.22. The summed E-state index contributed by atoms with van der Waals surface area (Å²) in [7, 11) is 0. The molecule has 1 aliphatic rings. The van der Waals surface area contributed by atoms with E-state index in [9.17, 15) is 14.4 Å². The number of carboxylic acid groups (broad SMARTS) is 1. The molecule has 1 aliphatic carbocycles. The normalized spacial score (nSPS) is 13.1. The molecule has 0 aromatic heterocycles.